The highest BCUT2D eigenvalue weighted by molar-refractivity contribution is 6.11. The fourth-order valence-corrected chi connectivity index (χ4v) is 4.56. The van der Waals surface area contributed by atoms with Crippen LogP contribution in [0, 0.1) is 17.3 Å². The van der Waals surface area contributed by atoms with Gasteiger partial charge in [0.15, 0.2) is 0 Å². The van der Waals surface area contributed by atoms with E-state index in [4.69, 9.17) is 0 Å². The molecular formula is C20H23F3N2O. The van der Waals surface area contributed by atoms with Gasteiger partial charge in [0.1, 0.15) is 12.3 Å². The number of rotatable bonds is 3. The molecule has 26 heavy (non-hydrogen) atoms. The molecule has 3 nitrogen and oxygen atoms in total. The lowest BCUT2D eigenvalue weighted by atomic mass is 9.67. The maximum Gasteiger partial charge on any atom is 0.407 e. The minimum Gasteiger partial charge on any atom is -0.298 e. The molecule has 2 fully saturated rings. The third-order valence-corrected chi connectivity index (χ3v) is 6.08. The van der Waals surface area contributed by atoms with Crippen molar-refractivity contribution in [2.75, 3.05) is 6.54 Å². The first-order valence-electron chi connectivity index (χ1n) is 9.18. The summed E-state index contributed by atoms with van der Waals surface area (Å²) in [5.41, 5.74) is 1.37. The normalized spacial score (nSPS) is 33.0. The lowest BCUT2D eigenvalue weighted by Crippen LogP contribution is -2.49. The Labute approximate surface area is 151 Å². The molecule has 0 aromatic heterocycles. The Kier molecular flexibility index (Phi) is 3.93. The molecule has 2 saturated carbocycles. The van der Waals surface area contributed by atoms with Crippen molar-refractivity contribution < 1.29 is 18.0 Å². The molecule has 0 amide bonds. The molecule has 140 valence electrons. The molecule has 2 aliphatic carbocycles. The number of nitrogens with zero attached hydrogens (tertiary/aromatic N) is 2. The SMILES string of the molecule is CC1(C)CCC2C(C1=O)C([C@@H]1C[C@H]1c1ccccc1)=NN2CC(F)(F)F. The number of fused-ring (bicyclic) bond motifs is 1. The van der Waals surface area contributed by atoms with Crippen LogP contribution in [-0.2, 0) is 4.79 Å². The Morgan fingerprint density at radius 1 is 1.19 bits per heavy atom. The average Bonchev–Trinajstić information content (AvgIpc) is 3.28. The molecule has 4 atom stereocenters. The van der Waals surface area contributed by atoms with Gasteiger partial charge in [-0.25, -0.2) is 0 Å². The van der Waals surface area contributed by atoms with Crippen LogP contribution in [-0.4, -0.2) is 35.3 Å². The van der Waals surface area contributed by atoms with Gasteiger partial charge in [-0.3, -0.25) is 9.80 Å². The van der Waals surface area contributed by atoms with Gasteiger partial charge in [0.05, 0.1) is 17.7 Å². The van der Waals surface area contributed by atoms with Gasteiger partial charge < -0.3 is 0 Å². The molecular weight excluding hydrogens is 341 g/mol. The predicted octanol–water partition coefficient (Wildman–Crippen LogP) is 4.40. The van der Waals surface area contributed by atoms with Crippen LogP contribution in [0.4, 0.5) is 13.2 Å². The van der Waals surface area contributed by atoms with Gasteiger partial charge in [0.2, 0.25) is 0 Å². The lowest BCUT2D eigenvalue weighted by Gasteiger charge is -2.38. The van der Waals surface area contributed by atoms with Gasteiger partial charge in [-0.1, -0.05) is 44.2 Å². The van der Waals surface area contributed by atoms with Crippen molar-refractivity contribution in [3.05, 3.63) is 35.9 Å². The summed E-state index contributed by atoms with van der Waals surface area (Å²) in [6.45, 7) is 2.72. The van der Waals surface area contributed by atoms with Gasteiger partial charge >= 0.3 is 6.18 Å². The zero-order chi connectivity index (χ0) is 18.7. The highest BCUT2D eigenvalue weighted by atomic mass is 19.4. The largest absolute Gasteiger partial charge is 0.407 e. The standard InChI is InChI=1S/C20H23F3N2O/c1-19(2)9-8-15-16(18(19)26)17(24-25(15)11-20(21,22)23)14-10-13(14)12-6-4-3-5-7-12/h3-7,13-16H,8-11H2,1-2H3/t13-,14+,15?,16?/m0/s1. The summed E-state index contributed by atoms with van der Waals surface area (Å²) in [5, 5.41) is 5.53. The Hall–Kier alpha value is -1.85. The first-order chi connectivity index (χ1) is 12.2. The van der Waals surface area contributed by atoms with Crippen LogP contribution in [0.1, 0.15) is 44.6 Å². The number of benzene rings is 1. The molecule has 3 aliphatic rings. The lowest BCUT2D eigenvalue weighted by molar-refractivity contribution is -0.155. The Morgan fingerprint density at radius 3 is 2.54 bits per heavy atom. The van der Waals surface area contributed by atoms with Crippen LogP contribution < -0.4 is 0 Å². The molecule has 1 aromatic rings. The number of carbonyl (C=O) groups is 1. The Balaban J connectivity index is 1.63. The fourth-order valence-electron chi connectivity index (χ4n) is 4.56. The minimum absolute atomic E-state index is 0.0517. The van der Waals surface area contributed by atoms with Crippen molar-refractivity contribution in [2.45, 2.75) is 51.2 Å². The van der Waals surface area contributed by atoms with Crippen LogP contribution in [0.5, 0.6) is 0 Å². The molecule has 0 N–H and O–H groups in total. The maximum absolute atomic E-state index is 13.0. The van der Waals surface area contributed by atoms with Crippen molar-refractivity contribution in [2.24, 2.45) is 22.4 Å². The molecule has 6 heteroatoms. The van der Waals surface area contributed by atoms with Crippen LogP contribution in [0.3, 0.4) is 0 Å². The topological polar surface area (TPSA) is 32.7 Å². The van der Waals surface area contributed by atoms with Crippen molar-refractivity contribution in [3.8, 4) is 0 Å². The van der Waals surface area contributed by atoms with E-state index >= 15 is 0 Å². The number of hydrazone groups is 1. The molecule has 1 heterocycles. The molecule has 0 spiro atoms. The number of alkyl halides is 3. The third-order valence-electron chi connectivity index (χ3n) is 6.08. The smallest absolute Gasteiger partial charge is 0.298 e. The number of carbonyl (C=O) groups excluding carboxylic acids is 1. The minimum atomic E-state index is -4.32. The van der Waals surface area contributed by atoms with Crippen LogP contribution in [0.15, 0.2) is 35.4 Å². The number of hydrogen-bond donors (Lipinski definition) is 0. The first kappa shape index (κ1) is 17.6. The fraction of sp³-hybridized carbons (Fsp3) is 0.600. The molecule has 0 bridgehead atoms. The van der Waals surface area contributed by atoms with Crippen LogP contribution >= 0.6 is 0 Å². The number of ketones is 1. The quantitative estimate of drug-likeness (QED) is 0.796. The van der Waals surface area contributed by atoms with Gasteiger partial charge in [0, 0.05) is 11.3 Å². The van der Waals surface area contributed by atoms with E-state index in [-0.39, 0.29) is 17.6 Å². The van der Waals surface area contributed by atoms with Gasteiger partial charge in [-0.15, -0.1) is 0 Å². The summed E-state index contributed by atoms with van der Waals surface area (Å²) in [5.74, 6) is -0.0871. The summed E-state index contributed by atoms with van der Waals surface area (Å²) < 4.78 is 39.0. The zero-order valence-corrected chi connectivity index (χ0v) is 15.0. The van der Waals surface area contributed by atoms with E-state index in [0.717, 1.165) is 11.4 Å². The Bertz CT molecular complexity index is 741. The molecule has 1 aromatic carbocycles. The summed E-state index contributed by atoms with van der Waals surface area (Å²) in [6.07, 6.45) is -2.27. The van der Waals surface area contributed by atoms with Crippen molar-refractivity contribution in [1.82, 2.24) is 5.01 Å². The van der Waals surface area contributed by atoms with E-state index in [2.05, 4.69) is 5.10 Å². The predicted molar refractivity (Wildman–Crippen MR) is 92.8 cm³/mol. The van der Waals surface area contributed by atoms with Gasteiger partial charge in [-0.2, -0.15) is 18.3 Å². The summed E-state index contributed by atoms with van der Waals surface area (Å²) in [7, 11) is 0. The molecule has 0 radical (unpaired) electrons. The van der Waals surface area contributed by atoms with Crippen molar-refractivity contribution >= 4 is 11.5 Å². The second-order valence-corrected chi connectivity index (χ2v) is 8.43. The number of halogens is 3. The third kappa shape index (κ3) is 3.03. The van der Waals surface area contributed by atoms with E-state index in [1.54, 1.807) is 0 Å². The molecule has 0 saturated heterocycles. The summed E-state index contributed by atoms with van der Waals surface area (Å²) in [4.78, 5) is 13.0. The second kappa shape index (κ2) is 5.83. The zero-order valence-electron chi connectivity index (χ0n) is 15.0. The first-order valence-corrected chi connectivity index (χ1v) is 9.18. The van der Waals surface area contributed by atoms with E-state index in [0.29, 0.717) is 18.6 Å². The number of Topliss-reactive ketones (excluding diaryl/α,β-unsaturated/α-hetero) is 1. The van der Waals surface area contributed by atoms with Crippen molar-refractivity contribution in [3.63, 3.8) is 0 Å². The average molecular weight is 364 g/mol. The van der Waals surface area contributed by atoms with E-state index in [1.807, 2.05) is 44.2 Å². The summed E-state index contributed by atoms with van der Waals surface area (Å²) in [6, 6.07) is 9.52. The Morgan fingerprint density at radius 2 is 1.88 bits per heavy atom. The number of hydrogen-bond acceptors (Lipinski definition) is 3. The molecule has 2 unspecified atom stereocenters. The monoisotopic (exact) mass is 364 g/mol. The van der Waals surface area contributed by atoms with Crippen LogP contribution in [0.2, 0.25) is 0 Å². The highest BCUT2D eigenvalue weighted by Crippen LogP contribution is 2.54. The van der Waals surface area contributed by atoms with Crippen molar-refractivity contribution in [1.29, 1.82) is 0 Å². The van der Waals surface area contributed by atoms with E-state index in [1.165, 1.54) is 5.56 Å². The van der Waals surface area contributed by atoms with E-state index < -0.39 is 30.1 Å². The van der Waals surface area contributed by atoms with Gasteiger partial charge in [-0.05, 0) is 30.7 Å². The molecule has 1 aliphatic heterocycles. The highest BCUT2D eigenvalue weighted by Gasteiger charge is 2.57. The van der Waals surface area contributed by atoms with Gasteiger partial charge in [0.25, 0.3) is 0 Å². The maximum atomic E-state index is 13.0. The molecule has 4 rings (SSSR count). The summed E-state index contributed by atoms with van der Waals surface area (Å²) >= 11 is 0. The van der Waals surface area contributed by atoms with E-state index in [9.17, 15) is 18.0 Å². The van der Waals surface area contributed by atoms with Crippen LogP contribution in [0.25, 0.3) is 0 Å². The second-order valence-electron chi connectivity index (χ2n) is 8.43.